The number of nitrogens with zero attached hydrogens (tertiary/aromatic N) is 2. The van der Waals surface area contributed by atoms with Crippen LogP contribution in [0.3, 0.4) is 0 Å². The van der Waals surface area contributed by atoms with Gasteiger partial charge in [-0.1, -0.05) is 20.3 Å². The number of nitriles is 1. The van der Waals surface area contributed by atoms with E-state index in [2.05, 4.69) is 37.2 Å². The van der Waals surface area contributed by atoms with Crippen molar-refractivity contribution in [2.75, 3.05) is 20.1 Å². The van der Waals surface area contributed by atoms with Gasteiger partial charge in [0.15, 0.2) is 0 Å². The normalized spacial score (nSPS) is 19.9. The topological polar surface area (TPSA) is 39.1 Å². The molecule has 0 aromatic heterocycles. The standard InChI is InChI=1S/C12H23N3/c1-4-10(2)8-15(3)9-12(7-13)14-11-5-6-11/h10-12,14H,4-6,8-9H2,1-3H3. The molecule has 86 valence electrons. The van der Waals surface area contributed by atoms with Gasteiger partial charge < -0.3 is 4.90 Å². The van der Waals surface area contributed by atoms with E-state index < -0.39 is 0 Å². The fourth-order valence-electron chi connectivity index (χ4n) is 1.71. The van der Waals surface area contributed by atoms with Crippen LogP contribution in [0.2, 0.25) is 0 Å². The Bertz CT molecular complexity index is 217. The predicted octanol–water partition coefficient (Wildman–Crippen LogP) is 1.61. The molecule has 1 fully saturated rings. The summed E-state index contributed by atoms with van der Waals surface area (Å²) in [4.78, 5) is 2.26. The van der Waals surface area contributed by atoms with Gasteiger partial charge in [-0.2, -0.15) is 5.26 Å². The maximum atomic E-state index is 9.00. The van der Waals surface area contributed by atoms with Gasteiger partial charge in [-0.05, 0) is 25.8 Å². The highest BCUT2D eigenvalue weighted by atomic mass is 15.1. The summed E-state index contributed by atoms with van der Waals surface area (Å²) < 4.78 is 0. The molecule has 0 radical (unpaired) electrons. The minimum Gasteiger partial charge on any atom is -0.303 e. The zero-order valence-electron chi connectivity index (χ0n) is 10.2. The minimum atomic E-state index is 0.00607. The van der Waals surface area contributed by atoms with E-state index in [1.54, 1.807) is 0 Å². The second-order valence-corrected chi connectivity index (χ2v) is 4.86. The lowest BCUT2D eigenvalue weighted by Crippen LogP contribution is -2.40. The predicted molar refractivity (Wildman–Crippen MR) is 62.5 cm³/mol. The van der Waals surface area contributed by atoms with E-state index in [9.17, 15) is 0 Å². The molecule has 0 heterocycles. The lowest BCUT2D eigenvalue weighted by Gasteiger charge is -2.23. The van der Waals surface area contributed by atoms with E-state index >= 15 is 0 Å². The van der Waals surface area contributed by atoms with Crippen molar-refractivity contribution >= 4 is 0 Å². The monoisotopic (exact) mass is 209 g/mol. The van der Waals surface area contributed by atoms with Gasteiger partial charge in [-0.3, -0.25) is 5.32 Å². The molecule has 1 aliphatic rings. The van der Waals surface area contributed by atoms with Crippen LogP contribution in [0.4, 0.5) is 0 Å². The van der Waals surface area contributed by atoms with Gasteiger partial charge >= 0.3 is 0 Å². The largest absolute Gasteiger partial charge is 0.303 e. The first-order valence-corrected chi connectivity index (χ1v) is 5.99. The number of hydrogen-bond donors (Lipinski definition) is 1. The Morgan fingerprint density at radius 3 is 2.60 bits per heavy atom. The first-order valence-electron chi connectivity index (χ1n) is 5.99. The molecule has 0 aromatic rings. The Morgan fingerprint density at radius 1 is 1.47 bits per heavy atom. The van der Waals surface area contributed by atoms with Gasteiger partial charge in [0.25, 0.3) is 0 Å². The molecule has 1 rings (SSSR count). The molecule has 3 heteroatoms. The first-order chi connectivity index (χ1) is 7.15. The zero-order chi connectivity index (χ0) is 11.3. The van der Waals surface area contributed by atoms with Crippen LogP contribution in [-0.4, -0.2) is 37.1 Å². The molecule has 0 aromatic carbocycles. The van der Waals surface area contributed by atoms with Crippen molar-refractivity contribution in [2.45, 2.75) is 45.2 Å². The second kappa shape index (κ2) is 6.09. The number of rotatable bonds is 7. The van der Waals surface area contributed by atoms with E-state index in [-0.39, 0.29) is 6.04 Å². The molecular formula is C12H23N3. The van der Waals surface area contributed by atoms with Gasteiger partial charge in [0, 0.05) is 19.1 Å². The minimum absolute atomic E-state index is 0.00607. The Hall–Kier alpha value is -0.590. The molecule has 0 spiro atoms. The summed E-state index contributed by atoms with van der Waals surface area (Å²) in [5, 5.41) is 12.4. The average Bonchev–Trinajstić information content (AvgIpc) is 3.00. The van der Waals surface area contributed by atoms with E-state index in [0.717, 1.165) is 19.0 Å². The van der Waals surface area contributed by atoms with Crippen molar-refractivity contribution in [3.05, 3.63) is 0 Å². The van der Waals surface area contributed by atoms with Gasteiger partial charge in [0.05, 0.1) is 6.07 Å². The highest BCUT2D eigenvalue weighted by Gasteiger charge is 2.25. The molecule has 1 saturated carbocycles. The Balaban J connectivity index is 2.21. The average molecular weight is 209 g/mol. The summed E-state index contributed by atoms with van der Waals surface area (Å²) >= 11 is 0. The number of nitrogens with one attached hydrogen (secondary N) is 1. The highest BCUT2D eigenvalue weighted by molar-refractivity contribution is 4.97. The molecule has 0 amide bonds. The molecule has 0 aliphatic heterocycles. The molecule has 2 atom stereocenters. The fourth-order valence-corrected chi connectivity index (χ4v) is 1.71. The number of hydrogen-bond acceptors (Lipinski definition) is 3. The van der Waals surface area contributed by atoms with Crippen LogP contribution >= 0.6 is 0 Å². The van der Waals surface area contributed by atoms with Crippen molar-refractivity contribution in [3.8, 4) is 6.07 Å². The van der Waals surface area contributed by atoms with Crippen molar-refractivity contribution < 1.29 is 0 Å². The van der Waals surface area contributed by atoms with Crippen molar-refractivity contribution in [3.63, 3.8) is 0 Å². The van der Waals surface area contributed by atoms with Crippen molar-refractivity contribution in [1.82, 2.24) is 10.2 Å². The SMILES string of the molecule is CCC(C)CN(C)CC(C#N)NC1CC1. The van der Waals surface area contributed by atoms with E-state index in [0.29, 0.717) is 6.04 Å². The van der Waals surface area contributed by atoms with Crippen LogP contribution in [0.15, 0.2) is 0 Å². The summed E-state index contributed by atoms with van der Waals surface area (Å²) in [7, 11) is 2.10. The maximum Gasteiger partial charge on any atom is 0.108 e. The molecule has 3 nitrogen and oxygen atoms in total. The Kier molecular flexibility index (Phi) is 5.07. The molecule has 2 unspecified atom stereocenters. The third kappa shape index (κ3) is 5.15. The summed E-state index contributed by atoms with van der Waals surface area (Å²) in [5.41, 5.74) is 0. The van der Waals surface area contributed by atoms with Gasteiger partial charge in [-0.15, -0.1) is 0 Å². The zero-order valence-corrected chi connectivity index (χ0v) is 10.2. The lowest BCUT2D eigenvalue weighted by molar-refractivity contribution is 0.266. The van der Waals surface area contributed by atoms with Gasteiger partial charge in [0.2, 0.25) is 0 Å². The van der Waals surface area contributed by atoms with E-state index in [4.69, 9.17) is 5.26 Å². The quantitative estimate of drug-likeness (QED) is 0.692. The highest BCUT2D eigenvalue weighted by Crippen LogP contribution is 2.19. The molecule has 1 aliphatic carbocycles. The van der Waals surface area contributed by atoms with Crippen molar-refractivity contribution in [2.24, 2.45) is 5.92 Å². The molecule has 1 N–H and O–H groups in total. The van der Waals surface area contributed by atoms with Crippen LogP contribution < -0.4 is 5.32 Å². The smallest absolute Gasteiger partial charge is 0.108 e. The van der Waals surface area contributed by atoms with Crippen LogP contribution in [0.5, 0.6) is 0 Å². The van der Waals surface area contributed by atoms with Gasteiger partial charge in [0.1, 0.15) is 6.04 Å². The molecular weight excluding hydrogens is 186 g/mol. The van der Waals surface area contributed by atoms with E-state index in [1.807, 2.05) is 0 Å². The summed E-state index contributed by atoms with van der Waals surface area (Å²) in [6.07, 6.45) is 3.69. The molecule has 0 saturated heterocycles. The first kappa shape index (κ1) is 12.5. The van der Waals surface area contributed by atoms with Crippen LogP contribution in [0, 0.1) is 17.2 Å². The Labute approximate surface area is 93.5 Å². The lowest BCUT2D eigenvalue weighted by atomic mass is 10.1. The van der Waals surface area contributed by atoms with Gasteiger partial charge in [-0.25, -0.2) is 0 Å². The summed E-state index contributed by atoms with van der Waals surface area (Å²) in [6, 6.07) is 2.97. The maximum absolute atomic E-state index is 9.00. The third-order valence-electron chi connectivity index (χ3n) is 2.98. The summed E-state index contributed by atoms with van der Waals surface area (Å²) in [6.45, 7) is 6.40. The summed E-state index contributed by atoms with van der Waals surface area (Å²) in [5.74, 6) is 0.718. The van der Waals surface area contributed by atoms with Crippen molar-refractivity contribution in [1.29, 1.82) is 5.26 Å². The molecule has 0 bridgehead atoms. The van der Waals surface area contributed by atoms with Crippen LogP contribution in [-0.2, 0) is 0 Å². The second-order valence-electron chi connectivity index (χ2n) is 4.86. The van der Waals surface area contributed by atoms with Crippen LogP contribution in [0.25, 0.3) is 0 Å². The Morgan fingerprint density at radius 2 is 2.13 bits per heavy atom. The fraction of sp³-hybridized carbons (Fsp3) is 0.917. The van der Waals surface area contributed by atoms with Crippen LogP contribution in [0.1, 0.15) is 33.1 Å². The number of likely N-dealkylation sites (N-methyl/N-ethyl adjacent to an activating group) is 1. The van der Waals surface area contributed by atoms with E-state index in [1.165, 1.54) is 19.3 Å². The third-order valence-corrected chi connectivity index (χ3v) is 2.98. The molecule has 15 heavy (non-hydrogen) atoms.